The second kappa shape index (κ2) is 6.16. The molecule has 0 saturated carbocycles. The minimum atomic E-state index is -0.822. The van der Waals surface area contributed by atoms with Gasteiger partial charge >= 0.3 is 6.09 Å². The number of benzene rings is 1. The average molecular weight is 353 g/mol. The molecule has 3 aromatic rings. The molecule has 0 spiro atoms. The highest BCUT2D eigenvalue weighted by molar-refractivity contribution is 5.82. The highest BCUT2D eigenvalue weighted by atomic mass is 16.4. The number of amides is 1. The Morgan fingerprint density at radius 1 is 1.27 bits per heavy atom. The Bertz CT molecular complexity index is 974. The van der Waals surface area contributed by atoms with E-state index in [4.69, 9.17) is 0 Å². The predicted molar refractivity (Wildman–Crippen MR) is 98.7 cm³/mol. The summed E-state index contributed by atoms with van der Waals surface area (Å²) in [6, 6.07) is 4.41. The van der Waals surface area contributed by atoms with E-state index in [0.717, 1.165) is 23.0 Å². The van der Waals surface area contributed by atoms with Gasteiger partial charge in [0.05, 0.1) is 24.1 Å². The molecule has 1 aliphatic rings. The molecule has 0 bridgehead atoms. The lowest BCUT2D eigenvalue weighted by molar-refractivity contribution is 0.116. The number of aryl methyl sites for hydroxylation is 2. The number of likely N-dealkylation sites (tertiary alicyclic amines) is 1. The first kappa shape index (κ1) is 16.6. The van der Waals surface area contributed by atoms with Crippen molar-refractivity contribution in [2.45, 2.75) is 26.2 Å². The standard InChI is InChI=1S/C19H23N5O2/c1-12-6-14-8-21-24(15-9-20-22(3)11-15)18(14)7-17(12)16-4-5-23(19(25)26)10-13(16)2/h6-9,11,13,16H,4-5,10H2,1-3H3,(H,25,26). The maximum absolute atomic E-state index is 11.3. The van der Waals surface area contributed by atoms with Gasteiger partial charge in [0, 0.05) is 25.5 Å². The number of hydrogen-bond acceptors (Lipinski definition) is 3. The molecule has 3 heterocycles. The fraction of sp³-hybridized carbons (Fsp3) is 0.421. The topological polar surface area (TPSA) is 76.2 Å². The number of fused-ring (bicyclic) bond motifs is 1. The second-order valence-corrected chi connectivity index (χ2v) is 7.30. The van der Waals surface area contributed by atoms with Crippen molar-refractivity contribution in [3.05, 3.63) is 41.9 Å². The lowest BCUT2D eigenvalue weighted by Gasteiger charge is -2.36. The molecule has 26 heavy (non-hydrogen) atoms. The summed E-state index contributed by atoms with van der Waals surface area (Å²) >= 11 is 0. The smallest absolute Gasteiger partial charge is 0.407 e. The third-order valence-corrected chi connectivity index (χ3v) is 5.47. The highest BCUT2D eigenvalue weighted by Crippen LogP contribution is 2.36. The Morgan fingerprint density at radius 2 is 2.08 bits per heavy atom. The summed E-state index contributed by atoms with van der Waals surface area (Å²) in [5.41, 5.74) is 4.53. The summed E-state index contributed by atoms with van der Waals surface area (Å²) in [6.45, 7) is 5.44. The van der Waals surface area contributed by atoms with Crippen LogP contribution in [0.4, 0.5) is 4.79 Å². The normalized spacial score (nSPS) is 20.7. The first-order valence-corrected chi connectivity index (χ1v) is 8.89. The van der Waals surface area contributed by atoms with Gasteiger partial charge < -0.3 is 10.0 Å². The summed E-state index contributed by atoms with van der Waals surface area (Å²) < 4.78 is 3.68. The van der Waals surface area contributed by atoms with Crippen LogP contribution in [0, 0.1) is 12.8 Å². The number of carboxylic acid groups (broad SMARTS) is 1. The Hall–Kier alpha value is -2.83. The second-order valence-electron chi connectivity index (χ2n) is 7.30. The predicted octanol–water partition coefficient (Wildman–Crippen LogP) is 3.17. The minimum absolute atomic E-state index is 0.283. The lowest BCUT2D eigenvalue weighted by atomic mass is 9.79. The summed E-state index contributed by atoms with van der Waals surface area (Å²) in [6.07, 6.45) is 5.66. The number of piperidine rings is 1. The molecule has 0 radical (unpaired) electrons. The van der Waals surface area contributed by atoms with E-state index in [2.05, 4.69) is 36.2 Å². The highest BCUT2D eigenvalue weighted by Gasteiger charge is 2.30. The van der Waals surface area contributed by atoms with Gasteiger partial charge in [0.15, 0.2) is 0 Å². The number of nitrogens with zero attached hydrogens (tertiary/aromatic N) is 5. The van der Waals surface area contributed by atoms with Crippen LogP contribution in [0.3, 0.4) is 0 Å². The van der Waals surface area contributed by atoms with Gasteiger partial charge in [-0.2, -0.15) is 10.2 Å². The molecule has 1 aliphatic heterocycles. The molecule has 136 valence electrons. The molecular formula is C19H23N5O2. The van der Waals surface area contributed by atoms with Gasteiger partial charge in [0.25, 0.3) is 0 Å². The van der Waals surface area contributed by atoms with Crippen LogP contribution in [0.2, 0.25) is 0 Å². The molecule has 7 nitrogen and oxygen atoms in total. The van der Waals surface area contributed by atoms with Crippen molar-refractivity contribution < 1.29 is 9.90 Å². The van der Waals surface area contributed by atoms with E-state index >= 15 is 0 Å². The van der Waals surface area contributed by atoms with Gasteiger partial charge in [-0.15, -0.1) is 0 Å². The summed E-state index contributed by atoms with van der Waals surface area (Å²) in [5.74, 6) is 0.637. The van der Waals surface area contributed by atoms with Crippen molar-refractivity contribution in [1.29, 1.82) is 0 Å². The van der Waals surface area contributed by atoms with E-state index in [1.165, 1.54) is 16.0 Å². The van der Waals surface area contributed by atoms with Crippen LogP contribution in [0.1, 0.15) is 30.4 Å². The van der Waals surface area contributed by atoms with Crippen molar-refractivity contribution in [2.24, 2.45) is 13.0 Å². The molecule has 1 N–H and O–H groups in total. The van der Waals surface area contributed by atoms with E-state index in [0.29, 0.717) is 19.0 Å². The zero-order chi connectivity index (χ0) is 18.4. The van der Waals surface area contributed by atoms with Crippen molar-refractivity contribution in [3.8, 4) is 5.69 Å². The van der Waals surface area contributed by atoms with Gasteiger partial charge in [0.2, 0.25) is 0 Å². The molecule has 1 saturated heterocycles. The van der Waals surface area contributed by atoms with Crippen LogP contribution in [-0.2, 0) is 7.05 Å². The Balaban J connectivity index is 1.74. The lowest BCUT2D eigenvalue weighted by Crippen LogP contribution is -2.41. The maximum atomic E-state index is 11.3. The molecule has 2 atom stereocenters. The summed E-state index contributed by atoms with van der Waals surface area (Å²) in [7, 11) is 1.89. The molecule has 2 aromatic heterocycles. The Kier molecular flexibility index (Phi) is 3.94. The molecule has 0 aliphatic carbocycles. The van der Waals surface area contributed by atoms with Gasteiger partial charge in [-0.3, -0.25) is 4.68 Å². The van der Waals surface area contributed by atoms with Crippen molar-refractivity contribution in [2.75, 3.05) is 13.1 Å². The number of hydrogen-bond donors (Lipinski definition) is 1. The minimum Gasteiger partial charge on any atom is -0.465 e. The molecular weight excluding hydrogens is 330 g/mol. The number of rotatable bonds is 2. The average Bonchev–Trinajstić information content (AvgIpc) is 3.19. The molecule has 1 aromatic carbocycles. The molecule has 2 unspecified atom stereocenters. The summed E-state index contributed by atoms with van der Waals surface area (Å²) in [4.78, 5) is 12.8. The van der Waals surface area contributed by atoms with Crippen molar-refractivity contribution in [1.82, 2.24) is 24.5 Å². The number of aromatic nitrogens is 4. The van der Waals surface area contributed by atoms with E-state index in [1.54, 1.807) is 10.9 Å². The van der Waals surface area contributed by atoms with Gasteiger partial charge in [-0.25, -0.2) is 9.48 Å². The van der Waals surface area contributed by atoms with E-state index < -0.39 is 6.09 Å². The third kappa shape index (κ3) is 2.73. The quantitative estimate of drug-likeness (QED) is 0.768. The maximum Gasteiger partial charge on any atom is 0.407 e. The summed E-state index contributed by atoms with van der Waals surface area (Å²) in [5, 5.41) is 19.1. The zero-order valence-corrected chi connectivity index (χ0v) is 15.3. The fourth-order valence-electron chi connectivity index (χ4n) is 4.11. The van der Waals surface area contributed by atoms with E-state index in [-0.39, 0.29) is 5.92 Å². The van der Waals surface area contributed by atoms with Crippen LogP contribution < -0.4 is 0 Å². The van der Waals surface area contributed by atoms with E-state index in [1.807, 2.05) is 24.1 Å². The molecule has 7 heteroatoms. The van der Waals surface area contributed by atoms with Crippen LogP contribution in [-0.4, -0.2) is 48.8 Å². The molecule has 1 fully saturated rings. The van der Waals surface area contributed by atoms with Crippen LogP contribution in [0.25, 0.3) is 16.6 Å². The monoisotopic (exact) mass is 353 g/mol. The molecule has 1 amide bonds. The van der Waals surface area contributed by atoms with Gasteiger partial charge in [0.1, 0.15) is 5.69 Å². The zero-order valence-electron chi connectivity index (χ0n) is 15.3. The third-order valence-electron chi connectivity index (χ3n) is 5.47. The van der Waals surface area contributed by atoms with Crippen LogP contribution in [0.5, 0.6) is 0 Å². The first-order valence-electron chi connectivity index (χ1n) is 8.89. The Labute approximate surface area is 151 Å². The Morgan fingerprint density at radius 3 is 2.73 bits per heavy atom. The van der Waals surface area contributed by atoms with Crippen molar-refractivity contribution in [3.63, 3.8) is 0 Å². The fourth-order valence-corrected chi connectivity index (χ4v) is 4.11. The molecule has 4 rings (SSSR count). The van der Waals surface area contributed by atoms with Gasteiger partial charge in [-0.1, -0.05) is 6.92 Å². The SMILES string of the molecule is Cc1cc2cnn(-c3cnn(C)c3)c2cc1C1CCN(C(=O)O)CC1C. The number of carbonyl (C=O) groups is 1. The van der Waals surface area contributed by atoms with Crippen LogP contribution in [0.15, 0.2) is 30.7 Å². The largest absolute Gasteiger partial charge is 0.465 e. The van der Waals surface area contributed by atoms with E-state index in [9.17, 15) is 9.90 Å². The van der Waals surface area contributed by atoms with Crippen LogP contribution >= 0.6 is 0 Å². The van der Waals surface area contributed by atoms with Crippen molar-refractivity contribution >= 4 is 17.0 Å². The van der Waals surface area contributed by atoms with Gasteiger partial charge in [-0.05, 0) is 48.4 Å². The first-order chi connectivity index (χ1) is 12.4.